The number of carbonyl (C=O) groups excluding carboxylic acids is 2. The number of carbonyl (C=O) groups is 3. The number of nitrogens with one attached hydrogen (secondary N) is 2. The Labute approximate surface area is 316 Å². The third-order valence-electron chi connectivity index (χ3n) is 16.8. The maximum Gasteiger partial charge on any atom is 0.335 e. The highest BCUT2D eigenvalue weighted by molar-refractivity contribution is 5.99. The molecule has 5 fully saturated rings. The van der Waals surface area contributed by atoms with Crippen molar-refractivity contribution < 1.29 is 24.6 Å². The van der Waals surface area contributed by atoms with E-state index in [2.05, 4.69) is 58.8 Å². The summed E-state index contributed by atoms with van der Waals surface area (Å²) in [6.45, 7) is 19.5. The van der Waals surface area contributed by atoms with Crippen molar-refractivity contribution >= 4 is 23.5 Å². The molecule has 53 heavy (non-hydrogen) atoms. The SMILES string of the molecule is C=C(C)[C@@H]1CC[C@]2(C(=O)Nc3cccc(C(=O)NCCc4cccc(C(=O)O)c4)c3)CC[C@]3(C)C(CCC4[C@@]5(C)CC[C@H](O)C(C)(C)C5CC[C@]43C)C12. The minimum atomic E-state index is -0.973. The number of carboxylic acids is 1. The maximum absolute atomic E-state index is 14.8. The summed E-state index contributed by atoms with van der Waals surface area (Å²) in [6.07, 6.45) is 10.7. The lowest BCUT2D eigenvalue weighted by molar-refractivity contribution is -0.246. The fourth-order valence-electron chi connectivity index (χ4n) is 13.8. The van der Waals surface area contributed by atoms with Crippen LogP contribution in [0.15, 0.2) is 60.7 Å². The Morgan fingerprint density at radius 3 is 2.28 bits per heavy atom. The zero-order valence-electron chi connectivity index (χ0n) is 32.9. The molecule has 0 radical (unpaired) electrons. The van der Waals surface area contributed by atoms with E-state index in [1.165, 1.54) is 18.4 Å². The molecule has 286 valence electrons. The van der Waals surface area contributed by atoms with Crippen molar-refractivity contribution in [3.05, 3.63) is 77.4 Å². The van der Waals surface area contributed by atoms with Gasteiger partial charge in [0.05, 0.1) is 17.1 Å². The van der Waals surface area contributed by atoms with Gasteiger partial charge in [0.1, 0.15) is 0 Å². The Bertz CT molecular complexity index is 1800. The third-order valence-corrected chi connectivity index (χ3v) is 16.8. The molecule has 5 aliphatic rings. The number of anilines is 1. The van der Waals surface area contributed by atoms with Crippen molar-refractivity contribution in [1.29, 1.82) is 0 Å². The van der Waals surface area contributed by atoms with Crippen LogP contribution in [0, 0.1) is 56.7 Å². The summed E-state index contributed by atoms with van der Waals surface area (Å²) in [5.41, 5.74) is 3.34. The Kier molecular flexibility index (Phi) is 9.56. The van der Waals surface area contributed by atoms with Crippen LogP contribution in [-0.4, -0.2) is 40.6 Å². The lowest BCUT2D eigenvalue weighted by Gasteiger charge is -2.72. The molecular formula is C46H62N2O5. The molecule has 4 N–H and O–H groups in total. The predicted octanol–water partition coefficient (Wildman–Crippen LogP) is 9.31. The highest BCUT2D eigenvalue weighted by atomic mass is 16.4. The number of fused-ring (bicyclic) bond motifs is 7. The van der Waals surface area contributed by atoms with E-state index in [0.717, 1.165) is 56.9 Å². The molecule has 5 aliphatic carbocycles. The van der Waals surface area contributed by atoms with E-state index < -0.39 is 11.4 Å². The minimum absolute atomic E-state index is 0.0730. The fourth-order valence-corrected chi connectivity index (χ4v) is 13.8. The topological polar surface area (TPSA) is 116 Å². The second kappa shape index (κ2) is 13.4. The summed E-state index contributed by atoms with van der Waals surface area (Å²) in [5.74, 6) is 1.00. The van der Waals surface area contributed by atoms with Gasteiger partial charge in [-0.05, 0) is 165 Å². The van der Waals surface area contributed by atoms with Gasteiger partial charge in [0.25, 0.3) is 5.91 Å². The van der Waals surface area contributed by atoms with Gasteiger partial charge >= 0.3 is 5.97 Å². The molecule has 5 saturated carbocycles. The van der Waals surface area contributed by atoms with Crippen molar-refractivity contribution in [2.45, 2.75) is 118 Å². The summed E-state index contributed by atoms with van der Waals surface area (Å²) < 4.78 is 0. The van der Waals surface area contributed by atoms with Crippen LogP contribution < -0.4 is 10.6 Å². The first-order valence-corrected chi connectivity index (χ1v) is 20.3. The van der Waals surface area contributed by atoms with Gasteiger partial charge in [-0.15, -0.1) is 0 Å². The number of hydrogen-bond donors (Lipinski definition) is 4. The summed E-state index contributed by atoms with van der Waals surface area (Å²) in [4.78, 5) is 39.4. The van der Waals surface area contributed by atoms with Crippen LogP contribution in [0.1, 0.15) is 132 Å². The Morgan fingerprint density at radius 1 is 0.811 bits per heavy atom. The minimum Gasteiger partial charge on any atom is -0.478 e. The normalized spacial score (nSPS) is 38.3. The first-order valence-electron chi connectivity index (χ1n) is 20.3. The molecule has 0 aromatic heterocycles. The van der Waals surface area contributed by atoms with Crippen molar-refractivity contribution in [2.24, 2.45) is 56.7 Å². The molecule has 7 rings (SSSR count). The number of aromatic carboxylic acids is 1. The number of allylic oxidation sites excluding steroid dienone is 1. The van der Waals surface area contributed by atoms with E-state index >= 15 is 0 Å². The summed E-state index contributed by atoms with van der Waals surface area (Å²) >= 11 is 0. The number of hydrogen-bond acceptors (Lipinski definition) is 4. The molecule has 0 saturated heterocycles. The standard InChI is InChI=1S/C46H62N2O5/c1-28(2)33-16-22-46(41(53)48-32-13-9-11-30(27-32)39(50)47-25-19-29-10-8-12-31(26-29)40(51)52)24-23-44(6)34(38(33)46)14-15-36-43(5)20-18-37(49)42(3,4)35(43)17-21-45(36,44)7/h8-13,26-27,33-38,49H,1,14-25H2,2-7H3,(H,47,50)(H,48,53)(H,51,52)/t33-,34?,35?,36?,37-,38?,43-,44+,45+,46-/m0/s1. The number of amides is 2. The van der Waals surface area contributed by atoms with Crippen LogP contribution in [0.2, 0.25) is 0 Å². The number of rotatable bonds is 8. The van der Waals surface area contributed by atoms with E-state index in [-0.39, 0.29) is 51.1 Å². The first kappa shape index (κ1) is 37.8. The highest BCUT2D eigenvalue weighted by Gasteiger charge is 2.71. The van der Waals surface area contributed by atoms with Gasteiger partial charge in [0, 0.05) is 17.8 Å². The first-order chi connectivity index (χ1) is 25.0. The van der Waals surface area contributed by atoms with Crippen molar-refractivity contribution in [1.82, 2.24) is 5.32 Å². The van der Waals surface area contributed by atoms with Crippen LogP contribution in [0.4, 0.5) is 5.69 Å². The van der Waals surface area contributed by atoms with Gasteiger partial charge in [-0.25, -0.2) is 4.79 Å². The van der Waals surface area contributed by atoms with E-state index in [1.807, 2.05) is 18.2 Å². The molecule has 2 aromatic rings. The largest absolute Gasteiger partial charge is 0.478 e. The van der Waals surface area contributed by atoms with E-state index in [0.29, 0.717) is 47.9 Å². The molecule has 7 heteroatoms. The van der Waals surface area contributed by atoms with E-state index in [9.17, 15) is 24.6 Å². The predicted molar refractivity (Wildman–Crippen MR) is 209 cm³/mol. The zero-order valence-corrected chi connectivity index (χ0v) is 32.9. The van der Waals surface area contributed by atoms with Crippen molar-refractivity contribution in [3.8, 4) is 0 Å². The average Bonchev–Trinajstić information content (AvgIpc) is 3.52. The zero-order chi connectivity index (χ0) is 38.1. The monoisotopic (exact) mass is 722 g/mol. The van der Waals surface area contributed by atoms with Crippen LogP contribution in [0.25, 0.3) is 0 Å². The number of benzene rings is 2. The fraction of sp³-hybridized carbons (Fsp3) is 0.630. The number of carboxylic acid groups (broad SMARTS) is 1. The molecule has 7 nitrogen and oxygen atoms in total. The van der Waals surface area contributed by atoms with Crippen molar-refractivity contribution in [3.63, 3.8) is 0 Å². The average molecular weight is 723 g/mol. The second-order valence-electron chi connectivity index (χ2n) is 19.3. The van der Waals surface area contributed by atoms with Gasteiger partial charge in [-0.3, -0.25) is 9.59 Å². The third kappa shape index (κ3) is 5.90. The Balaban J connectivity index is 1.10. The number of aliphatic hydroxyl groups is 1. The molecule has 0 bridgehead atoms. The van der Waals surface area contributed by atoms with Crippen LogP contribution >= 0.6 is 0 Å². The Morgan fingerprint density at radius 2 is 1.55 bits per heavy atom. The van der Waals surface area contributed by atoms with E-state index in [4.69, 9.17) is 0 Å². The molecule has 0 aliphatic heterocycles. The van der Waals surface area contributed by atoms with Gasteiger partial charge < -0.3 is 20.8 Å². The highest BCUT2D eigenvalue weighted by Crippen LogP contribution is 2.77. The van der Waals surface area contributed by atoms with Gasteiger partial charge in [-0.1, -0.05) is 65.0 Å². The van der Waals surface area contributed by atoms with E-state index in [1.54, 1.807) is 30.3 Å². The quantitative estimate of drug-likeness (QED) is 0.203. The summed E-state index contributed by atoms with van der Waals surface area (Å²) in [6, 6.07) is 14.0. The van der Waals surface area contributed by atoms with Gasteiger partial charge in [0.15, 0.2) is 0 Å². The molecular weight excluding hydrogens is 661 g/mol. The van der Waals surface area contributed by atoms with Crippen LogP contribution in [-0.2, 0) is 11.2 Å². The lowest BCUT2D eigenvalue weighted by Crippen LogP contribution is -2.67. The molecule has 2 amide bonds. The lowest BCUT2D eigenvalue weighted by atomic mass is 9.32. The van der Waals surface area contributed by atoms with Gasteiger partial charge in [-0.2, -0.15) is 0 Å². The molecule has 0 heterocycles. The second-order valence-corrected chi connectivity index (χ2v) is 19.3. The smallest absolute Gasteiger partial charge is 0.335 e. The molecule has 4 unspecified atom stereocenters. The van der Waals surface area contributed by atoms with Crippen LogP contribution in [0.3, 0.4) is 0 Å². The van der Waals surface area contributed by atoms with Crippen LogP contribution in [0.5, 0.6) is 0 Å². The maximum atomic E-state index is 14.8. The Hall–Kier alpha value is -3.45. The molecule has 0 spiro atoms. The molecule has 10 atom stereocenters. The summed E-state index contributed by atoms with van der Waals surface area (Å²) in [7, 11) is 0. The number of aliphatic hydroxyl groups excluding tert-OH is 1. The molecule has 2 aromatic carbocycles. The van der Waals surface area contributed by atoms with Gasteiger partial charge in [0.2, 0.25) is 5.91 Å². The van der Waals surface area contributed by atoms with Crippen molar-refractivity contribution in [2.75, 3.05) is 11.9 Å². The summed E-state index contributed by atoms with van der Waals surface area (Å²) in [5, 5.41) is 26.7.